The molecule has 0 aliphatic rings. The number of aromatic nitrogens is 3. The van der Waals surface area contributed by atoms with Gasteiger partial charge in [-0.3, -0.25) is 4.68 Å². The molecule has 2 aromatic rings. The van der Waals surface area contributed by atoms with Gasteiger partial charge in [-0.05, 0) is 19.4 Å². The van der Waals surface area contributed by atoms with Gasteiger partial charge in [0.05, 0.1) is 12.4 Å². The molecule has 2 heterocycles. The summed E-state index contributed by atoms with van der Waals surface area (Å²) in [5.41, 5.74) is 0. The summed E-state index contributed by atoms with van der Waals surface area (Å²) in [5.74, 6) is 2.33. The zero-order valence-corrected chi connectivity index (χ0v) is 10.8. The third-order valence-corrected chi connectivity index (χ3v) is 2.46. The molecule has 0 aliphatic carbocycles. The van der Waals surface area contributed by atoms with Crippen LogP contribution in [0.15, 0.2) is 30.7 Å². The first-order valence-corrected chi connectivity index (χ1v) is 6.22. The highest BCUT2D eigenvalue weighted by Gasteiger charge is 2.02. The highest BCUT2D eigenvalue weighted by Crippen LogP contribution is 2.22. The molecule has 0 aliphatic heterocycles. The molecule has 0 saturated carbocycles. The number of hydrogen-bond acceptors (Lipinski definition) is 4. The van der Waals surface area contributed by atoms with E-state index in [2.05, 4.69) is 22.3 Å². The SMILES string of the molecule is CCCNc1cc(Oc2cnn(CC)c2)ccn1. The Morgan fingerprint density at radius 2 is 2.22 bits per heavy atom. The molecule has 0 spiro atoms. The van der Waals surface area contributed by atoms with Crippen molar-refractivity contribution < 1.29 is 4.74 Å². The van der Waals surface area contributed by atoms with Gasteiger partial charge >= 0.3 is 0 Å². The Balaban J connectivity index is 2.04. The van der Waals surface area contributed by atoms with E-state index in [0.29, 0.717) is 0 Å². The van der Waals surface area contributed by atoms with Gasteiger partial charge in [-0.15, -0.1) is 0 Å². The first-order chi connectivity index (χ1) is 8.81. The Kier molecular flexibility index (Phi) is 4.17. The zero-order chi connectivity index (χ0) is 12.8. The van der Waals surface area contributed by atoms with Crippen LogP contribution in [0, 0.1) is 0 Å². The Morgan fingerprint density at radius 3 is 2.94 bits per heavy atom. The number of nitrogens with one attached hydrogen (secondary N) is 1. The number of hydrogen-bond donors (Lipinski definition) is 1. The lowest BCUT2D eigenvalue weighted by Crippen LogP contribution is -2.01. The molecule has 0 unspecified atom stereocenters. The van der Waals surface area contributed by atoms with E-state index in [1.165, 1.54) is 0 Å². The highest BCUT2D eigenvalue weighted by atomic mass is 16.5. The summed E-state index contributed by atoms with van der Waals surface area (Å²) in [7, 11) is 0. The van der Waals surface area contributed by atoms with Gasteiger partial charge in [0.25, 0.3) is 0 Å². The molecule has 5 heteroatoms. The molecule has 0 bridgehead atoms. The molecule has 0 amide bonds. The predicted octanol–water partition coefficient (Wildman–Crippen LogP) is 2.91. The average Bonchev–Trinajstić information content (AvgIpc) is 2.84. The molecule has 18 heavy (non-hydrogen) atoms. The van der Waals surface area contributed by atoms with Gasteiger partial charge < -0.3 is 10.1 Å². The van der Waals surface area contributed by atoms with Crippen LogP contribution in [0.3, 0.4) is 0 Å². The quantitative estimate of drug-likeness (QED) is 0.851. The molecule has 96 valence electrons. The van der Waals surface area contributed by atoms with Crippen LogP contribution in [-0.2, 0) is 6.54 Å². The Hall–Kier alpha value is -2.04. The molecule has 0 saturated heterocycles. The molecule has 5 nitrogen and oxygen atoms in total. The number of rotatable bonds is 6. The third-order valence-electron chi connectivity index (χ3n) is 2.46. The summed E-state index contributed by atoms with van der Waals surface area (Å²) >= 11 is 0. The number of pyridine rings is 1. The van der Waals surface area contributed by atoms with E-state index >= 15 is 0 Å². The van der Waals surface area contributed by atoms with Crippen molar-refractivity contribution in [2.45, 2.75) is 26.8 Å². The maximum absolute atomic E-state index is 5.72. The Labute approximate surface area is 107 Å². The van der Waals surface area contributed by atoms with Gasteiger partial charge in [-0.1, -0.05) is 6.92 Å². The van der Waals surface area contributed by atoms with E-state index in [-0.39, 0.29) is 0 Å². The molecule has 2 aromatic heterocycles. The van der Waals surface area contributed by atoms with Crippen molar-refractivity contribution in [3.63, 3.8) is 0 Å². The van der Waals surface area contributed by atoms with E-state index in [0.717, 1.165) is 36.8 Å². The fourth-order valence-electron chi connectivity index (χ4n) is 1.53. The second kappa shape index (κ2) is 6.05. The van der Waals surface area contributed by atoms with E-state index in [9.17, 15) is 0 Å². The topological polar surface area (TPSA) is 52.0 Å². The molecule has 0 fully saturated rings. The molecular formula is C13H18N4O. The van der Waals surface area contributed by atoms with E-state index in [1.807, 2.05) is 29.9 Å². The summed E-state index contributed by atoms with van der Waals surface area (Å²) < 4.78 is 7.54. The summed E-state index contributed by atoms with van der Waals surface area (Å²) in [4.78, 5) is 4.23. The lowest BCUT2D eigenvalue weighted by molar-refractivity contribution is 0.481. The summed E-state index contributed by atoms with van der Waals surface area (Å²) in [5, 5.41) is 7.39. The normalized spacial score (nSPS) is 10.3. The molecule has 1 N–H and O–H groups in total. The second-order valence-corrected chi connectivity index (χ2v) is 3.94. The highest BCUT2D eigenvalue weighted by molar-refractivity contribution is 5.41. The van der Waals surface area contributed by atoms with E-state index < -0.39 is 0 Å². The monoisotopic (exact) mass is 246 g/mol. The van der Waals surface area contributed by atoms with Crippen LogP contribution in [0.1, 0.15) is 20.3 Å². The summed E-state index contributed by atoms with van der Waals surface area (Å²) in [6.07, 6.45) is 6.39. The molecule has 0 atom stereocenters. The van der Waals surface area contributed by atoms with Crippen molar-refractivity contribution in [2.75, 3.05) is 11.9 Å². The van der Waals surface area contributed by atoms with Crippen LogP contribution in [0.2, 0.25) is 0 Å². The summed E-state index contributed by atoms with van der Waals surface area (Å²) in [6, 6.07) is 3.72. The van der Waals surface area contributed by atoms with Crippen LogP contribution in [0.4, 0.5) is 5.82 Å². The largest absolute Gasteiger partial charge is 0.454 e. The van der Waals surface area contributed by atoms with Crippen LogP contribution >= 0.6 is 0 Å². The van der Waals surface area contributed by atoms with E-state index in [1.54, 1.807) is 12.4 Å². The lowest BCUT2D eigenvalue weighted by Gasteiger charge is -2.06. The van der Waals surface area contributed by atoms with Gasteiger partial charge in [0, 0.05) is 25.4 Å². The minimum absolute atomic E-state index is 0.740. The van der Waals surface area contributed by atoms with E-state index in [4.69, 9.17) is 4.74 Å². The maximum Gasteiger partial charge on any atom is 0.165 e. The van der Waals surface area contributed by atoms with Crippen LogP contribution in [-0.4, -0.2) is 21.3 Å². The van der Waals surface area contributed by atoms with Crippen molar-refractivity contribution in [1.82, 2.24) is 14.8 Å². The predicted molar refractivity (Wildman–Crippen MR) is 71.0 cm³/mol. The molecule has 0 radical (unpaired) electrons. The van der Waals surface area contributed by atoms with Crippen molar-refractivity contribution >= 4 is 5.82 Å². The first kappa shape index (κ1) is 12.4. The minimum Gasteiger partial charge on any atom is -0.454 e. The van der Waals surface area contributed by atoms with Gasteiger partial charge in [-0.25, -0.2) is 4.98 Å². The maximum atomic E-state index is 5.72. The molecular weight excluding hydrogens is 228 g/mol. The van der Waals surface area contributed by atoms with Crippen molar-refractivity contribution in [3.8, 4) is 11.5 Å². The van der Waals surface area contributed by atoms with Crippen LogP contribution in [0.5, 0.6) is 11.5 Å². The second-order valence-electron chi connectivity index (χ2n) is 3.94. The smallest absolute Gasteiger partial charge is 0.165 e. The number of aryl methyl sites for hydroxylation is 1. The molecule has 2 rings (SSSR count). The Bertz CT molecular complexity index is 495. The zero-order valence-electron chi connectivity index (χ0n) is 10.8. The molecule has 0 aromatic carbocycles. The summed E-state index contributed by atoms with van der Waals surface area (Å²) in [6.45, 7) is 5.90. The van der Waals surface area contributed by atoms with Crippen molar-refractivity contribution in [1.29, 1.82) is 0 Å². The van der Waals surface area contributed by atoms with Gasteiger partial charge in [-0.2, -0.15) is 5.10 Å². The van der Waals surface area contributed by atoms with Crippen LogP contribution < -0.4 is 10.1 Å². The number of anilines is 1. The van der Waals surface area contributed by atoms with Crippen LogP contribution in [0.25, 0.3) is 0 Å². The number of ether oxygens (including phenoxy) is 1. The number of nitrogens with zero attached hydrogens (tertiary/aromatic N) is 3. The van der Waals surface area contributed by atoms with Crippen molar-refractivity contribution in [2.24, 2.45) is 0 Å². The van der Waals surface area contributed by atoms with Gasteiger partial charge in [0.1, 0.15) is 11.6 Å². The fourth-order valence-corrected chi connectivity index (χ4v) is 1.53. The van der Waals surface area contributed by atoms with Gasteiger partial charge in [0.15, 0.2) is 5.75 Å². The Morgan fingerprint density at radius 1 is 1.33 bits per heavy atom. The minimum atomic E-state index is 0.740. The third kappa shape index (κ3) is 3.23. The lowest BCUT2D eigenvalue weighted by atomic mass is 10.4. The van der Waals surface area contributed by atoms with Crippen molar-refractivity contribution in [3.05, 3.63) is 30.7 Å². The fraction of sp³-hybridized carbons (Fsp3) is 0.385. The first-order valence-electron chi connectivity index (χ1n) is 6.22. The van der Waals surface area contributed by atoms with Gasteiger partial charge in [0.2, 0.25) is 0 Å². The standard InChI is InChI=1S/C13H18N4O/c1-3-6-14-13-8-11(5-7-15-13)18-12-9-16-17(4-2)10-12/h5,7-10H,3-4,6H2,1-2H3,(H,14,15). The average molecular weight is 246 g/mol.